The van der Waals surface area contributed by atoms with Crippen LogP contribution in [0, 0.1) is 5.82 Å². The second-order valence-corrected chi connectivity index (χ2v) is 6.94. The molecule has 2 aliphatic rings. The van der Waals surface area contributed by atoms with Gasteiger partial charge >= 0.3 is 6.09 Å². The molecule has 0 unspecified atom stereocenters. The van der Waals surface area contributed by atoms with E-state index < -0.39 is 6.09 Å². The number of likely N-dealkylation sites (tertiary alicyclic amines) is 1. The summed E-state index contributed by atoms with van der Waals surface area (Å²) >= 11 is 0. The number of carbonyl (C=O) groups is 1. The van der Waals surface area contributed by atoms with Crippen LogP contribution in [0.15, 0.2) is 24.4 Å². The van der Waals surface area contributed by atoms with E-state index >= 15 is 0 Å². The van der Waals surface area contributed by atoms with Crippen molar-refractivity contribution in [2.45, 2.75) is 38.0 Å². The number of hydrogen-bond acceptors (Lipinski definition) is 3. The summed E-state index contributed by atoms with van der Waals surface area (Å²) in [5.74, 6) is 0.0382. The molecule has 1 aromatic heterocycles. The summed E-state index contributed by atoms with van der Waals surface area (Å²) in [6.45, 7) is 3.02. The molecule has 0 saturated carbocycles. The lowest BCUT2D eigenvalue weighted by Gasteiger charge is -2.29. The van der Waals surface area contributed by atoms with Crippen molar-refractivity contribution in [1.29, 1.82) is 0 Å². The maximum atomic E-state index is 13.8. The molecule has 26 heavy (non-hydrogen) atoms. The molecule has 1 aromatic carbocycles. The van der Waals surface area contributed by atoms with Crippen LogP contribution in [0.5, 0.6) is 0 Å². The molecule has 2 fully saturated rings. The summed E-state index contributed by atoms with van der Waals surface area (Å²) in [5.41, 5.74) is 2.05. The average Bonchev–Trinajstić information content (AvgIpc) is 3.27. The number of ether oxygens (including phenoxy) is 2. The van der Waals surface area contributed by atoms with Crippen LogP contribution in [0.1, 0.15) is 30.7 Å². The molecule has 3 heterocycles. The summed E-state index contributed by atoms with van der Waals surface area (Å²) in [4.78, 5) is 12.6. The highest BCUT2D eigenvalue weighted by molar-refractivity contribution is 5.84. The molecule has 2 aliphatic heterocycles. The van der Waals surface area contributed by atoms with E-state index in [-0.39, 0.29) is 12.1 Å². The Balaban J connectivity index is 1.57. The fourth-order valence-corrected chi connectivity index (χ4v) is 4.00. The van der Waals surface area contributed by atoms with Crippen molar-refractivity contribution >= 4 is 17.0 Å². The van der Waals surface area contributed by atoms with E-state index in [9.17, 15) is 9.18 Å². The van der Waals surface area contributed by atoms with E-state index in [0.29, 0.717) is 38.8 Å². The number of carboxylic acid groups (broad SMARTS) is 1. The van der Waals surface area contributed by atoms with Crippen molar-refractivity contribution < 1.29 is 23.8 Å². The van der Waals surface area contributed by atoms with E-state index in [1.54, 1.807) is 6.07 Å². The third-order valence-corrected chi connectivity index (χ3v) is 5.38. The van der Waals surface area contributed by atoms with Crippen molar-refractivity contribution in [3.8, 4) is 0 Å². The zero-order valence-corrected chi connectivity index (χ0v) is 14.6. The minimum Gasteiger partial charge on any atom is -0.465 e. The standard InChI is InChI=1S/C19H23FN2O4/c20-14-1-2-15-16(13-3-6-21(7-4-13)19(23)24)12-22(17(15)11-14)8-5-18-25-9-10-26-18/h1-2,11-13,18H,3-10H2,(H,23,24). The van der Waals surface area contributed by atoms with Gasteiger partial charge < -0.3 is 24.0 Å². The maximum absolute atomic E-state index is 13.8. The molecule has 0 spiro atoms. The van der Waals surface area contributed by atoms with Crippen molar-refractivity contribution in [2.24, 2.45) is 0 Å². The Bertz CT molecular complexity index is 792. The number of hydrogen-bond donors (Lipinski definition) is 1. The van der Waals surface area contributed by atoms with Crippen LogP contribution in [-0.4, -0.2) is 53.3 Å². The first-order valence-electron chi connectivity index (χ1n) is 9.11. The zero-order valence-electron chi connectivity index (χ0n) is 14.6. The zero-order chi connectivity index (χ0) is 18.1. The number of aryl methyl sites for hydroxylation is 1. The molecule has 1 amide bonds. The Hall–Kier alpha value is -2.12. The highest BCUT2D eigenvalue weighted by Gasteiger charge is 2.26. The summed E-state index contributed by atoms with van der Waals surface area (Å²) in [6, 6.07) is 4.90. The van der Waals surface area contributed by atoms with Gasteiger partial charge in [-0.3, -0.25) is 0 Å². The molecular formula is C19H23FN2O4. The summed E-state index contributed by atoms with van der Waals surface area (Å²) in [6.07, 6.45) is 3.35. The lowest BCUT2D eigenvalue weighted by molar-refractivity contribution is -0.0488. The Kier molecular flexibility index (Phi) is 4.82. The second-order valence-electron chi connectivity index (χ2n) is 6.94. The summed E-state index contributed by atoms with van der Waals surface area (Å²) in [5, 5.41) is 10.2. The van der Waals surface area contributed by atoms with Gasteiger partial charge in [0.2, 0.25) is 0 Å². The number of halogens is 1. The van der Waals surface area contributed by atoms with E-state index in [4.69, 9.17) is 14.6 Å². The van der Waals surface area contributed by atoms with E-state index in [1.807, 2.05) is 6.07 Å². The smallest absolute Gasteiger partial charge is 0.407 e. The third-order valence-electron chi connectivity index (χ3n) is 5.38. The SMILES string of the molecule is O=C(O)N1CCC(c2cn(CCC3OCCO3)c3cc(F)ccc23)CC1. The van der Waals surface area contributed by atoms with Gasteiger partial charge in [-0.05, 0) is 42.5 Å². The predicted molar refractivity (Wildman–Crippen MR) is 93.8 cm³/mol. The highest BCUT2D eigenvalue weighted by atomic mass is 19.1. The van der Waals surface area contributed by atoms with Gasteiger partial charge in [0.15, 0.2) is 6.29 Å². The van der Waals surface area contributed by atoms with Gasteiger partial charge in [-0.25, -0.2) is 9.18 Å². The molecule has 2 aromatic rings. The largest absolute Gasteiger partial charge is 0.465 e. The lowest BCUT2D eigenvalue weighted by atomic mass is 9.89. The molecule has 7 heteroatoms. The molecule has 0 radical (unpaired) electrons. The van der Waals surface area contributed by atoms with Crippen molar-refractivity contribution in [3.63, 3.8) is 0 Å². The molecule has 140 valence electrons. The van der Waals surface area contributed by atoms with Gasteiger partial charge in [0, 0.05) is 37.6 Å². The van der Waals surface area contributed by atoms with Gasteiger partial charge in [0.05, 0.1) is 18.7 Å². The average molecular weight is 362 g/mol. The minimum atomic E-state index is -0.857. The van der Waals surface area contributed by atoms with Crippen molar-refractivity contribution in [3.05, 3.63) is 35.8 Å². The van der Waals surface area contributed by atoms with Crippen LogP contribution in [0.2, 0.25) is 0 Å². The number of benzene rings is 1. The number of rotatable bonds is 4. The number of fused-ring (bicyclic) bond motifs is 1. The Morgan fingerprint density at radius 1 is 1.23 bits per heavy atom. The summed E-state index contributed by atoms with van der Waals surface area (Å²) in [7, 11) is 0. The maximum Gasteiger partial charge on any atom is 0.407 e. The van der Waals surface area contributed by atoms with Crippen LogP contribution >= 0.6 is 0 Å². The predicted octanol–water partition coefficient (Wildman–Crippen LogP) is 3.40. The van der Waals surface area contributed by atoms with E-state index in [2.05, 4.69) is 10.8 Å². The van der Waals surface area contributed by atoms with Crippen LogP contribution in [0.4, 0.5) is 9.18 Å². The molecule has 4 rings (SSSR count). The molecule has 6 nitrogen and oxygen atoms in total. The van der Waals surface area contributed by atoms with Gasteiger partial charge in [-0.2, -0.15) is 0 Å². The van der Waals surface area contributed by atoms with Gasteiger partial charge in [-0.15, -0.1) is 0 Å². The van der Waals surface area contributed by atoms with Crippen LogP contribution in [0.3, 0.4) is 0 Å². The van der Waals surface area contributed by atoms with Crippen molar-refractivity contribution in [2.75, 3.05) is 26.3 Å². The molecule has 0 atom stereocenters. The first-order chi connectivity index (χ1) is 12.6. The molecule has 0 bridgehead atoms. The van der Waals surface area contributed by atoms with Crippen molar-refractivity contribution in [1.82, 2.24) is 9.47 Å². The van der Waals surface area contributed by atoms with Crippen LogP contribution in [-0.2, 0) is 16.0 Å². The number of piperidine rings is 1. The second kappa shape index (κ2) is 7.25. The molecule has 2 saturated heterocycles. The van der Waals surface area contributed by atoms with Gasteiger partial charge in [-0.1, -0.05) is 0 Å². The Morgan fingerprint density at radius 3 is 2.65 bits per heavy atom. The van der Waals surface area contributed by atoms with Crippen LogP contribution < -0.4 is 0 Å². The van der Waals surface area contributed by atoms with Crippen LogP contribution in [0.25, 0.3) is 10.9 Å². The molecule has 1 N–H and O–H groups in total. The number of aromatic nitrogens is 1. The fourth-order valence-electron chi connectivity index (χ4n) is 4.00. The lowest BCUT2D eigenvalue weighted by Crippen LogP contribution is -2.36. The minimum absolute atomic E-state index is 0.191. The quantitative estimate of drug-likeness (QED) is 0.905. The van der Waals surface area contributed by atoms with Gasteiger partial charge in [0.25, 0.3) is 0 Å². The monoisotopic (exact) mass is 362 g/mol. The summed E-state index contributed by atoms with van der Waals surface area (Å²) < 4.78 is 26.9. The molecule has 0 aliphatic carbocycles. The first-order valence-corrected chi connectivity index (χ1v) is 9.11. The number of nitrogens with zero attached hydrogens (tertiary/aromatic N) is 2. The Labute approximate surface area is 151 Å². The van der Waals surface area contributed by atoms with Gasteiger partial charge in [0.1, 0.15) is 5.82 Å². The van der Waals surface area contributed by atoms with E-state index in [0.717, 1.165) is 30.2 Å². The molecular weight excluding hydrogens is 339 g/mol. The third kappa shape index (κ3) is 3.41. The normalized spacial score (nSPS) is 19.5. The Morgan fingerprint density at radius 2 is 1.96 bits per heavy atom. The fraction of sp³-hybridized carbons (Fsp3) is 0.526. The highest BCUT2D eigenvalue weighted by Crippen LogP contribution is 2.35. The number of amides is 1. The first kappa shape index (κ1) is 17.3. The van der Waals surface area contributed by atoms with E-state index in [1.165, 1.54) is 16.5 Å². The topological polar surface area (TPSA) is 63.9 Å².